The zero-order valence-corrected chi connectivity index (χ0v) is 12.5. The summed E-state index contributed by atoms with van der Waals surface area (Å²) < 4.78 is 31.4. The first-order valence-electron chi connectivity index (χ1n) is 6.76. The average Bonchev–Trinajstić information content (AvgIpc) is 2.81. The standard InChI is InChI=1S/C12H26N2O3S/c1-4-7-13-9-11(2)18(15,16)14(3)10-12-6-5-8-17-12/h11-13H,4-10H2,1-3H3. The molecule has 0 spiro atoms. The Kier molecular flexibility index (Phi) is 6.55. The molecule has 0 aromatic heterocycles. The van der Waals surface area contributed by atoms with Crippen molar-refractivity contribution in [1.29, 1.82) is 0 Å². The van der Waals surface area contributed by atoms with Gasteiger partial charge in [-0.25, -0.2) is 12.7 Å². The van der Waals surface area contributed by atoms with Crippen molar-refractivity contribution in [3.8, 4) is 0 Å². The minimum Gasteiger partial charge on any atom is -0.377 e. The van der Waals surface area contributed by atoms with Crippen molar-refractivity contribution in [2.24, 2.45) is 0 Å². The van der Waals surface area contributed by atoms with Gasteiger partial charge in [-0.1, -0.05) is 6.92 Å². The van der Waals surface area contributed by atoms with E-state index in [1.807, 2.05) is 0 Å². The van der Waals surface area contributed by atoms with Crippen molar-refractivity contribution in [3.05, 3.63) is 0 Å². The van der Waals surface area contributed by atoms with Crippen LogP contribution in [-0.2, 0) is 14.8 Å². The zero-order chi connectivity index (χ0) is 13.6. The molecular weight excluding hydrogens is 252 g/mol. The highest BCUT2D eigenvalue weighted by Gasteiger charge is 2.28. The third-order valence-electron chi connectivity index (χ3n) is 3.29. The number of ether oxygens (including phenoxy) is 1. The van der Waals surface area contributed by atoms with Crippen LogP contribution in [0, 0.1) is 0 Å². The number of hydrogen-bond donors (Lipinski definition) is 1. The van der Waals surface area contributed by atoms with Crippen LogP contribution in [0.15, 0.2) is 0 Å². The van der Waals surface area contributed by atoms with Crippen molar-refractivity contribution in [3.63, 3.8) is 0 Å². The molecule has 0 bridgehead atoms. The quantitative estimate of drug-likeness (QED) is 0.668. The predicted octanol–water partition coefficient (Wildman–Crippen LogP) is 0.815. The van der Waals surface area contributed by atoms with Gasteiger partial charge in [-0.15, -0.1) is 0 Å². The van der Waals surface area contributed by atoms with E-state index in [4.69, 9.17) is 4.74 Å². The Morgan fingerprint density at radius 2 is 2.22 bits per heavy atom. The number of rotatable bonds is 8. The van der Waals surface area contributed by atoms with Crippen molar-refractivity contribution in [2.75, 3.05) is 33.3 Å². The Morgan fingerprint density at radius 1 is 1.50 bits per heavy atom. The number of nitrogens with zero attached hydrogens (tertiary/aromatic N) is 1. The second-order valence-corrected chi connectivity index (χ2v) is 7.43. The number of sulfonamides is 1. The smallest absolute Gasteiger partial charge is 0.217 e. The highest BCUT2D eigenvalue weighted by atomic mass is 32.2. The molecule has 1 heterocycles. The fourth-order valence-corrected chi connectivity index (χ4v) is 3.39. The number of hydrogen-bond acceptors (Lipinski definition) is 4. The lowest BCUT2D eigenvalue weighted by Gasteiger charge is -2.24. The van der Waals surface area contributed by atoms with E-state index in [-0.39, 0.29) is 6.10 Å². The van der Waals surface area contributed by atoms with Gasteiger partial charge in [0.2, 0.25) is 10.0 Å². The predicted molar refractivity (Wildman–Crippen MR) is 73.1 cm³/mol. The Balaban J connectivity index is 2.44. The van der Waals surface area contributed by atoms with Gasteiger partial charge in [-0.2, -0.15) is 0 Å². The first kappa shape index (κ1) is 15.9. The van der Waals surface area contributed by atoms with Crippen LogP contribution in [0.3, 0.4) is 0 Å². The maximum absolute atomic E-state index is 12.2. The van der Waals surface area contributed by atoms with E-state index in [0.29, 0.717) is 13.1 Å². The van der Waals surface area contributed by atoms with Gasteiger partial charge in [-0.05, 0) is 32.7 Å². The topological polar surface area (TPSA) is 58.6 Å². The van der Waals surface area contributed by atoms with E-state index in [1.54, 1.807) is 14.0 Å². The lowest BCUT2D eigenvalue weighted by molar-refractivity contribution is 0.0977. The Labute approximate surface area is 111 Å². The van der Waals surface area contributed by atoms with Gasteiger partial charge in [0.15, 0.2) is 0 Å². The monoisotopic (exact) mass is 278 g/mol. The minimum atomic E-state index is -3.22. The third kappa shape index (κ3) is 4.50. The first-order chi connectivity index (χ1) is 8.48. The van der Waals surface area contributed by atoms with Crippen molar-refractivity contribution in [1.82, 2.24) is 9.62 Å². The highest BCUT2D eigenvalue weighted by Crippen LogP contribution is 2.15. The van der Waals surface area contributed by atoms with Crippen LogP contribution >= 0.6 is 0 Å². The molecule has 5 nitrogen and oxygen atoms in total. The van der Waals surface area contributed by atoms with Gasteiger partial charge in [0.05, 0.1) is 11.4 Å². The largest absolute Gasteiger partial charge is 0.377 e. The minimum absolute atomic E-state index is 0.0700. The number of nitrogens with one attached hydrogen (secondary N) is 1. The molecule has 108 valence electrons. The summed E-state index contributed by atoms with van der Waals surface area (Å²) in [6, 6.07) is 0. The molecule has 1 saturated heterocycles. The molecule has 0 aromatic rings. The summed E-state index contributed by atoms with van der Waals surface area (Å²) in [5, 5.41) is 2.76. The van der Waals surface area contributed by atoms with Gasteiger partial charge >= 0.3 is 0 Å². The van der Waals surface area contributed by atoms with E-state index in [1.165, 1.54) is 4.31 Å². The molecule has 1 fully saturated rings. The van der Waals surface area contributed by atoms with Crippen LogP contribution in [0.25, 0.3) is 0 Å². The average molecular weight is 278 g/mol. The summed E-state index contributed by atoms with van der Waals surface area (Å²) in [6.07, 6.45) is 3.08. The third-order valence-corrected chi connectivity index (χ3v) is 5.49. The Bertz CT molecular complexity index is 326. The summed E-state index contributed by atoms with van der Waals surface area (Å²) in [7, 11) is -1.57. The zero-order valence-electron chi connectivity index (χ0n) is 11.7. The Hall–Kier alpha value is -0.170. The van der Waals surface area contributed by atoms with E-state index in [0.717, 1.165) is 32.4 Å². The summed E-state index contributed by atoms with van der Waals surface area (Å²) in [4.78, 5) is 0. The van der Waals surface area contributed by atoms with Crippen LogP contribution in [-0.4, -0.2) is 57.4 Å². The van der Waals surface area contributed by atoms with Gasteiger partial charge in [-0.3, -0.25) is 0 Å². The molecule has 1 aliphatic heterocycles. The summed E-state index contributed by atoms with van der Waals surface area (Å²) in [5.41, 5.74) is 0. The number of likely N-dealkylation sites (N-methyl/N-ethyl adjacent to an activating group) is 1. The van der Waals surface area contributed by atoms with Crippen molar-refractivity contribution in [2.45, 2.75) is 44.5 Å². The molecule has 1 rings (SSSR count). The van der Waals surface area contributed by atoms with Gasteiger partial charge < -0.3 is 10.1 Å². The van der Waals surface area contributed by atoms with Crippen molar-refractivity contribution < 1.29 is 13.2 Å². The van der Waals surface area contributed by atoms with Gasteiger partial charge in [0.25, 0.3) is 0 Å². The van der Waals surface area contributed by atoms with Gasteiger partial charge in [0, 0.05) is 26.7 Å². The SMILES string of the molecule is CCCNCC(C)S(=O)(=O)N(C)CC1CCCO1. The molecule has 2 unspecified atom stereocenters. The molecule has 18 heavy (non-hydrogen) atoms. The normalized spacial score (nSPS) is 22.6. The van der Waals surface area contributed by atoms with E-state index in [2.05, 4.69) is 12.2 Å². The molecule has 0 aliphatic carbocycles. The Morgan fingerprint density at radius 3 is 2.78 bits per heavy atom. The van der Waals surface area contributed by atoms with Crippen LogP contribution < -0.4 is 5.32 Å². The molecule has 1 aliphatic rings. The second-order valence-electron chi connectivity index (χ2n) is 4.98. The molecule has 2 atom stereocenters. The summed E-state index contributed by atoms with van der Waals surface area (Å²) in [6.45, 7) is 6.41. The second kappa shape index (κ2) is 7.43. The summed E-state index contributed by atoms with van der Waals surface area (Å²) in [5.74, 6) is 0. The molecule has 1 N–H and O–H groups in total. The highest BCUT2D eigenvalue weighted by molar-refractivity contribution is 7.89. The fourth-order valence-electron chi connectivity index (χ4n) is 2.07. The first-order valence-corrected chi connectivity index (χ1v) is 8.26. The lowest BCUT2D eigenvalue weighted by atomic mass is 10.2. The molecule has 0 saturated carbocycles. The van der Waals surface area contributed by atoms with Crippen LogP contribution in [0.1, 0.15) is 33.1 Å². The summed E-state index contributed by atoms with van der Waals surface area (Å²) >= 11 is 0. The molecule has 6 heteroatoms. The van der Waals surface area contributed by atoms with Gasteiger partial charge in [0.1, 0.15) is 0 Å². The molecule has 0 aromatic carbocycles. The molecule has 0 radical (unpaired) electrons. The van der Waals surface area contributed by atoms with Crippen LogP contribution in [0.4, 0.5) is 0 Å². The maximum Gasteiger partial charge on any atom is 0.217 e. The van der Waals surface area contributed by atoms with Crippen molar-refractivity contribution >= 4 is 10.0 Å². The van der Waals surface area contributed by atoms with Crippen LogP contribution in [0.5, 0.6) is 0 Å². The fraction of sp³-hybridized carbons (Fsp3) is 1.00. The van der Waals surface area contributed by atoms with E-state index in [9.17, 15) is 8.42 Å². The molecular formula is C12H26N2O3S. The molecule has 0 amide bonds. The maximum atomic E-state index is 12.2. The lowest BCUT2D eigenvalue weighted by Crippen LogP contribution is -2.43. The van der Waals surface area contributed by atoms with Crippen LogP contribution in [0.2, 0.25) is 0 Å². The van der Waals surface area contributed by atoms with E-state index >= 15 is 0 Å². The van der Waals surface area contributed by atoms with E-state index < -0.39 is 15.3 Å².